The van der Waals surface area contributed by atoms with Crippen molar-refractivity contribution in [3.05, 3.63) is 107 Å². The molecule has 3 aromatic carbocycles. The molecule has 0 saturated heterocycles. The zero-order chi connectivity index (χ0) is 20.3. The van der Waals surface area contributed by atoms with Gasteiger partial charge in [-0.3, -0.25) is 0 Å². The third kappa shape index (κ3) is 3.98. The lowest BCUT2D eigenvalue weighted by Gasteiger charge is -2.27. The van der Waals surface area contributed by atoms with Crippen LogP contribution in [-0.2, 0) is 12.3 Å². The lowest BCUT2D eigenvalue weighted by Crippen LogP contribution is -2.32. The van der Waals surface area contributed by atoms with Gasteiger partial charge < -0.3 is 0 Å². The molecular weight excluding hydrogens is 410 g/mol. The first kappa shape index (κ1) is 19.8. The molecule has 146 valence electrons. The Labute approximate surface area is 172 Å². The first-order valence-electron chi connectivity index (χ1n) is 9.07. The summed E-state index contributed by atoms with van der Waals surface area (Å²) in [5, 5.41) is 4.13. The first-order valence-corrected chi connectivity index (χ1v) is 11.9. The molecule has 1 nitrogen and oxygen atoms in total. The smallest absolute Gasteiger partial charge is 0.233 e. The quantitative estimate of drug-likeness (QED) is 0.374. The van der Waals surface area contributed by atoms with Crippen LogP contribution in [0.5, 0.6) is 0 Å². The van der Waals surface area contributed by atoms with Crippen LogP contribution in [0.1, 0.15) is 10.7 Å². The van der Waals surface area contributed by atoms with Crippen molar-refractivity contribution in [2.24, 2.45) is 0 Å². The summed E-state index contributed by atoms with van der Waals surface area (Å²) in [6.45, 7) is 0. The van der Waals surface area contributed by atoms with Gasteiger partial charge in [0.25, 0.3) is 0 Å². The van der Waals surface area contributed by atoms with Crippen LogP contribution < -0.4 is 15.9 Å². The molecule has 0 amide bonds. The number of hydrogen-bond acceptors (Lipinski definition) is 2. The van der Waals surface area contributed by atoms with Gasteiger partial charge in [0.15, 0.2) is 5.01 Å². The number of nitrogens with zero attached hydrogens (tertiary/aromatic N) is 1. The Bertz CT molecular complexity index is 967. The van der Waals surface area contributed by atoms with Gasteiger partial charge in [0.05, 0.1) is 5.69 Å². The SMILES string of the molecule is FC(F)(F)c1nc(C[P+](c2ccccc2)(c2ccccc2)c2ccccc2)cs1. The van der Waals surface area contributed by atoms with Crippen molar-refractivity contribution in [2.45, 2.75) is 12.3 Å². The number of thiazole rings is 1. The molecule has 1 heterocycles. The average Bonchev–Trinajstić information content (AvgIpc) is 3.23. The van der Waals surface area contributed by atoms with E-state index in [9.17, 15) is 13.2 Å². The Balaban J connectivity index is 1.94. The molecule has 29 heavy (non-hydrogen) atoms. The second kappa shape index (κ2) is 8.10. The summed E-state index contributed by atoms with van der Waals surface area (Å²) in [6, 6.07) is 30.2. The van der Waals surface area contributed by atoms with Crippen LogP contribution >= 0.6 is 18.6 Å². The van der Waals surface area contributed by atoms with Gasteiger partial charge in [-0.25, -0.2) is 4.98 Å². The molecule has 0 aliphatic carbocycles. The van der Waals surface area contributed by atoms with Gasteiger partial charge in [0.2, 0.25) is 0 Å². The van der Waals surface area contributed by atoms with E-state index in [2.05, 4.69) is 41.4 Å². The number of halogens is 3. The van der Waals surface area contributed by atoms with Crippen molar-refractivity contribution in [2.75, 3.05) is 0 Å². The van der Waals surface area contributed by atoms with Crippen molar-refractivity contribution in [1.82, 2.24) is 4.98 Å². The van der Waals surface area contributed by atoms with Gasteiger partial charge in [0, 0.05) is 5.38 Å². The van der Waals surface area contributed by atoms with Crippen molar-refractivity contribution in [1.29, 1.82) is 0 Å². The normalized spacial score (nSPS) is 12.1. The minimum Gasteiger partial charge on any atom is -0.233 e. The largest absolute Gasteiger partial charge is 0.443 e. The van der Waals surface area contributed by atoms with Crippen molar-refractivity contribution in [3.63, 3.8) is 0 Å². The fraction of sp³-hybridized carbons (Fsp3) is 0.0870. The van der Waals surface area contributed by atoms with Gasteiger partial charge in [-0.2, -0.15) is 13.2 Å². The average molecular weight is 428 g/mol. The third-order valence-electron chi connectivity index (χ3n) is 4.78. The van der Waals surface area contributed by atoms with Crippen LogP contribution in [0.2, 0.25) is 0 Å². The van der Waals surface area contributed by atoms with Crippen molar-refractivity contribution < 1.29 is 13.2 Å². The highest BCUT2D eigenvalue weighted by Crippen LogP contribution is 2.58. The van der Waals surface area contributed by atoms with Crippen molar-refractivity contribution >= 4 is 34.5 Å². The summed E-state index contributed by atoms with van der Waals surface area (Å²) in [4.78, 5) is 3.96. The van der Waals surface area contributed by atoms with E-state index in [0.29, 0.717) is 23.2 Å². The van der Waals surface area contributed by atoms with Crippen LogP contribution in [0, 0.1) is 0 Å². The lowest BCUT2D eigenvalue weighted by molar-refractivity contribution is -0.137. The van der Waals surface area contributed by atoms with E-state index in [1.807, 2.05) is 54.6 Å². The fourth-order valence-electron chi connectivity index (χ4n) is 3.52. The van der Waals surface area contributed by atoms with Gasteiger partial charge in [0.1, 0.15) is 29.3 Å². The molecular formula is C23H18F3NPS+. The third-order valence-corrected chi connectivity index (χ3v) is 10.1. The molecule has 4 aromatic rings. The maximum Gasteiger partial charge on any atom is 0.443 e. The number of rotatable bonds is 5. The van der Waals surface area contributed by atoms with Gasteiger partial charge in [-0.05, 0) is 36.4 Å². The molecule has 0 spiro atoms. The highest BCUT2D eigenvalue weighted by atomic mass is 32.1. The van der Waals surface area contributed by atoms with Crippen LogP contribution in [-0.4, -0.2) is 4.98 Å². The maximum atomic E-state index is 13.2. The second-order valence-corrected chi connectivity index (χ2v) is 11.0. The molecule has 0 aliphatic rings. The highest BCUT2D eigenvalue weighted by Gasteiger charge is 2.46. The van der Waals surface area contributed by atoms with E-state index in [1.54, 1.807) is 5.38 Å². The predicted molar refractivity (Wildman–Crippen MR) is 116 cm³/mol. The van der Waals surface area contributed by atoms with E-state index in [0.717, 1.165) is 15.9 Å². The first-order chi connectivity index (χ1) is 14.0. The van der Waals surface area contributed by atoms with Crippen molar-refractivity contribution in [3.8, 4) is 0 Å². The molecule has 0 radical (unpaired) electrons. The van der Waals surface area contributed by atoms with Crippen LogP contribution in [0.15, 0.2) is 96.4 Å². The standard InChI is InChI=1S/C23H18F3NPS/c24-23(25,26)22-27-18(17-29-22)16-28(19-10-4-1-5-11-19,20-12-6-2-7-13-20)21-14-8-3-9-15-21/h1-15,17H,16H2/q+1. The summed E-state index contributed by atoms with van der Waals surface area (Å²) in [6.07, 6.45) is -3.98. The Kier molecular flexibility index (Phi) is 5.53. The van der Waals surface area contributed by atoms with Crippen LogP contribution in [0.25, 0.3) is 0 Å². The Morgan fingerprint density at radius 3 is 1.45 bits per heavy atom. The maximum absolute atomic E-state index is 13.2. The molecule has 6 heteroatoms. The van der Waals surface area contributed by atoms with E-state index in [-0.39, 0.29) is 0 Å². The van der Waals surface area contributed by atoms with Gasteiger partial charge in [-0.15, -0.1) is 11.3 Å². The number of benzene rings is 3. The molecule has 0 N–H and O–H groups in total. The molecule has 0 saturated carbocycles. The second-order valence-electron chi connectivity index (χ2n) is 6.62. The monoisotopic (exact) mass is 428 g/mol. The summed E-state index contributed by atoms with van der Waals surface area (Å²) < 4.78 is 39.5. The van der Waals surface area contributed by atoms with Gasteiger partial charge in [-0.1, -0.05) is 54.6 Å². The zero-order valence-corrected chi connectivity index (χ0v) is 17.1. The molecule has 0 fully saturated rings. The molecule has 4 rings (SSSR count). The molecule has 0 aliphatic heterocycles. The lowest BCUT2D eigenvalue weighted by atomic mass is 10.4. The highest BCUT2D eigenvalue weighted by molar-refractivity contribution is 7.95. The number of hydrogen-bond donors (Lipinski definition) is 0. The van der Waals surface area contributed by atoms with Crippen LogP contribution in [0.4, 0.5) is 13.2 Å². The van der Waals surface area contributed by atoms with Crippen LogP contribution in [0.3, 0.4) is 0 Å². The van der Waals surface area contributed by atoms with Gasteiger partial charge >= 0.3 is 6.18 Å². The topological polar surface area (TPSA) is 12.9 Å². The Morgan fingerprint density at radius 2 is 1.10 bits per heavy atom. The summed E-state index contributed by atoms with van der Waals surface area (Å²) >= 11 is 0.664. The summed E-state index contributed by atoms with van der Waals surface area (Å²) in [5.74, 6) is 0. The Morgan fingerprint density at radius 1 is 0.690 bits per heavy atom. The molecule has 0 unspecified atom stereocenters. The summed E-state index contributed by atoms with van der Waals surface area (Å²) in [5.41, 5.74) is 0.479. The summed E-state index contributed by atoms with van der Waals surface area (Å²) in [7, 11) is -2.24. The Hall–Kier alpha value is -2.49. The van der Waals surface area contributed by atoms with E-state index in [4.69, 9.17) is 0 Å². The minimum atomic E-state index is -4.42. The van der Waals surface area contributed by atoms with E-state index < -0.39 is 18.4 Å². The molecule has 1 aromatic heterocycles. The number of alkyl halides is 3. The molecule has 0 bridgehead atoms. The zero-order valence-electron chi connectivity index (χ0n) is 15.4. The van der Waals surface area contributed by atoms with E-state index in [1.165, 1.54) is 0 Å². The number of aromatic nitrogens is 1. The minimum absolute atomic E-state index is 0.442. The predicted octanol–water partition coefficient (Wildman–Crippen LogP) is 5.66. The molecule has 0 atom stereocenters. The van der Waals surface area contributed by atoms with E-state index >= 15 is 0 Å². The fourth-order valence-corrected chi connectivity index (χ4v) is 8.47.